The van der Waals surface area contributed by atoms with Gasteiger partial charge in [0.2, 0.25) is 0 Å². The summed E-state index contributed by atoms with van der Waals surface area (Å²) >= 11 is 5.64. The third-order valence-electron chi connectivity index (χ3n) is 2.49. The predicted molar refractivity (Wildman–Crippen MR) is 62.9 cm³/mol. The Morgan fingerprint density at radius 3 is 2.76 bits per heavy atom. The third-order valence-corrected chi connectivity index (χ3v) is 2.72. The van der Waals surface area contributed by atoms with Crippen LogP contribution >= 0.6 is 11.6 Å². The molecule has 2 rings (SSSR count). The summed E-state index contributed by atoms with van der Waals surface area (Å²) in [4.78, 5) is 12.1. The van der Waals surface area contributed by atoms with Gasteiger partial charge in [0.15, 0.2) is 5.78 Å². The van der Waals surface area contributed by atoms with E-state index in [0.717, 1.165) is 6.07 Å². The van der Waals surface area contributed by atoms with Crippen molar-refractivity contribution in [2.75, 3.05) is 0 Å². The van der Waals surface area contributed by atoms with E-state index in [2.05, 4.69) is 0 Å². The van der Waals surface area contributed by atoms with Crippen LogP contribution in [0.4, 0.5) is 4.39 Å². The van der Waals surface area contributed by atoms with Gasteiger partial charge in [-0.1, -0.05) is 18.5 Å². The highest BCUT2D eigenvalue weighted by Gasteiger charge is 2.18. The van der Waals surface area contributed by atoms with E-state index < -0.39 is 5.82 Å². The van der Waals surface area contributed by atoms with E-state index in [1.807, 2.05) is 6.92 Å². The molecule has 0 unspecified atom stereocenters. The second kappa shape index (κ2) is 4.72. The third kappa shape index (κ3) is 2.24. The molecule has 0 saturated carbocycles. The van der Waals surface area contributed by atoms with E-state index >= 15 is 0 Å². The zero-order valence-corrected chi connectivity index (χ0v) is 9.92. The maximum absolute atomic E-state index is 13.6. The molecule has 0 N–H and O–H groups in total. The van der Waals surface area contributed by atoms with Gasteiger partial charge in [0.25, 0.3) is 0 Å². The maximum Gasteiger partial charge on any atom is 0.199 e. The molecule has 1 aromatic heterocycles. The van der Waals surface area contributed by atoms with Crippen molar-refractivity contribution in [1.29, 1.82) is 0 Å². The van der Waals surface area contributed by atoms with Crippen LogP contribution in [-0.2, 0) is 6.42 Å². The summed E-state index contributed by atoms with van der Waals surface area (Å²) in [6.45, 7) is 1.87. The molecule has 2 nitrogen and oxygen atoms in total. The average molecular weight is 253 g/mol. The van der Waals surface area contributed by atoms with Gasteiger partial charge in [-0.05, 0) is 24.3 Å². The second-order valence-corrected chi connectivity index (χ2v) is 4.00. The summed E-state index contributed by atoms with van der Waals surface area (Å²) in [5.41, 5.74) is 0.402. The first-order chi connectivity index (χ1) is 8.13. The van der Waals surface area contributed by atoms with E-state index in [1.165, 1.54) is 18.4 Å². The number of furan rings is 1. The summed E-state index contributed by atoms with van der Waals surface area (Å²) < 4.78 is 18.7. The van der Waals surface area contributed by atoms with Gasteiger partial charge in [-0.3, -0.25) is 4.79 Å². The topological polar surface area (TPSA) is 30.2 Å². The highest BCUT2D eigenvalue weighted by Crippen LogP contribution is 2.20. The highest BCUT2D eigenvalue weighted by atomic mass is 35.5. The average Bonchev–Trinajstić information content (AvgIpc) is 2.76. The fourth-order valence-electron chi connectivity index (χ4n) is 1.64. The summed E-state index contributed by atoms with van der Waals surface area (Å²) in [5, 5.41) is 0.266. The number of carbonyl (C=O) groups excluding carboxylic acids is 1. The van der Waals surface area contributed by atoms with Crippen molar-refractivity contribution in [1.82, 2.24) is 0 Å². The largest absolute Gasteiger partial charge is 0.469 e. The number of hydrogen-bond donors (Lipinski definition) is 0. The number of ketones is 1. The van der Waals surface area contributed by atoms with Crippen molar-refractivity contribution in [3.05, 3.63) is 58.3 Å². The Bertz CT molecular complexity index is 560. The van der Waals surface area contributed by atoms with Crippen LogP contribution in [0, 0.1) is 5.82 Å². The fraction of sp³-hybridized carbons (Fsp3) is 0.154. The SMILES string of the molecule is CCc1occc1C(=O)c1ccc(Cl)cc1F. The monoisotopic (exact) mass is 252 g/mol. The number of benzene rings is 1. The van der Waals surface area contributed by atoms with Gasteiger partial charge in [0, 0.05) is 11.4 Å². The minimum atomic E-state index is -0.620. The van der Waals surface area contributed by atoms with Gasteiger partial charge in [-0.2, -0.15) is 0 Å². The molecule has 0 amide bonds. The molecule has 0 bridgehead atoms. The number of rotatable bonds is 3. The van der Waals surface area contributed by atoms with Crippen LogP contribution in [-0.4, -0.2) is 5.78 Å². The van der Waals surface area contributed by atoms with Crippen molar-refractivity contribution >= 4 is 17.4 Å². The standard InChI is InChI=1S/C13H10ClFO2/c1-2-12-10(5-6-17-12)13(16)9-4-3-8(14)7-11(9)15/h3-7H,2H2,1H3. The van der Waals surface area contributed by atoms with E-state index in [0.29, 0.717) is 17.7 Å². The molecule has 88 valence electrons. The van der Waals surface area contributed by atoms with Crippen molar-refractivity contribution < 1.29 is 13.6 Å². The number of hydrogen-bond acceptors (Lipinski definition) is 2. The fourth-order valence-corrected chi connectivity index (χ4v) is 1.79. The maximum atomic E-state index is 13.6. The summed E-state index contributed by atoms with van der Waals surface area (Å²) in [5.74, 6) is -0.445. The Morgan fingerprint density at radius 1 is 1.35 bits per heavy atom. The van der Waals surface area contributed by atoms with E-state index in [9.17, 15) is 9.18 Å². The first-order valence-electron chi connectivity index (χ1n) is 5.19. The normalized spacial score (nSPS) is 10.5. The van der Waals surface area contributed by atoms with Crippen LogP contribution < -0.4 is 0 Å². The Balaban J connectivity index is 2.44. The molecule has 0 radical (unpaired) electrons. The lowest BCUT2D eigenvalue weighted by atomic mass is 10.0. The first-order valence-corrected chi connectivity index (χ1v) is 5.57. The minimum absolute atomic E-state index is 0.00509. The Morgan fingerprint density at radius 2 is 2.12 bits per heavy atom. The second-order valence-electron chi connectivity index (χ2n) is 3.56. The Labute approximate surface area is 103 Å². The Hall–Kier alpha value is -1.61. The molecule has 0 aliphatic heterocycles. The van der Waals surface area contributed by atoms with E-state index in [-0.39, 0.29) is 16.4 Å². The molecule has 0 aliphatic rings. The first kappa shape index (κ1) is 11.9. The molecule has 1 aromatic carbocycles. The van der Waals surface area contributed by atoms with E-state index in [4.69, 9.17) is 16.0 Å². The highest BCUT2D eigenvalue weighted by molar-refractivity contribution is 6.30. The van der Waals surface area contributed by atoms with Crippen LogP contribution in [0.25, 0.3) is 0 Å². The van der Waals surface area contributed by atoms with Gasteiger partial charge < -0.3 is 4.42 Å². The number of carbonyl (C=O) groups is 1. The van der Waals surface area contributed by atoms with Crippen LogP contribution in [0.1, 0.15) is 28.6 Å². The predicted octanol–water partition coefficient (Wildman–Crippen LogP) is 3.87. The molecular weight excluding hydrogens is 243 g/mol. The molecule has 0 fully saturated rings. The molecule has 0 atom stereocenters. The van der Waals surface area contributed by atoms with Crippen molar-refractivity contribution in [2.24, 2.45) is 0 Å². The van der Waals surface area contributed by atoms with Crippen molar-refractivity contribution in [3.63, 3.8) is 0 Å². The van der Waals surface area contributed by atoms with Gasteiger partial charge >= 0.3 is 0 Å². The van der Waals surface area contributed by atoms with Crippen LogP contribution in [0.15, 0.2) is 34.9 Å². The smallest absolute Gasteiger partial charge is 0.199 e. The molecule has 2 aromatic rings. The zero-order valence-electron chi connectivity index (χ0n) is 9.17. The van der Waals surface area contributed by atoms with Crippen LogP contribution in [0.3, 0.4) is 0 Å². The van der Waals surface area contributed by atoms with Gasteiger partial charge in [0.1, 0.15) is 11.6 Å². The molecule has 1 heterocycles. The molecular formula is C13H10ClFO2. The molecule has 0 aliphatic carbocycles. The van der Waals surface area contributed by atoms with Gasteiger partial charge in [-0.15, -0.1) is 0 Å². The van der Waals surface area contributed by atoms with Gasteiger partial charge in [-0.25, -0.2) is 4.39 Å². The van der Waals surface area contributed by atoms with Crippen LogP contribution in [0.2, 0.25) is 5.02 Å². The lowest BCUT2D eigenvalue weighted by Gasteiger charge is -2.02. The van der Waals surface area contributed by atoms with E-state index in [1.54, 1.807) is 6.07 Å². The summed E-state index contributed by atoms with van der Waals surface area (Å²) in [6.07, 6.45) is 2.02. The van der Waals surface area contributed by atoms with Crippen molar-refractivity contribution in [2.45, 2.75) is 13.3 Å². The lowest BCUT2D eigenvalue weighted by Crippen LogP contribution is -2.05. The summed E-state index contributed by atoms with van der Waals surface area (Å²) in [6, 6.07) is 5.55. The summed E-state index contributed by atoms with van der Waals surface area (Å²) in [7, 11) is 0. The minimum Gasteiger partial charge on any atom is -0.469 e. The molecule has 4 heteroatoms. The molecule has 0 spiro atoms. The Kier molecular flexibility index (Phi) is 3.29. The molecule has 0 saturated heterocycles. The lowest BCUT2D eigenvalue weighted by molar-refractivity contribution is 0.103. The zero-order chi connectivity index (χ0) is 12.4. The number of aryl methyl sites for hydroxylation is 1. The number of halogens is 2. The quantitative estimate of drug-likeness (QED) is 0.777. The molecule has 17 heavy (non-hydrogen) atoms. The van der Waals surface area contributed by atoms with Gasteiger partial charge in [0.05, 0.1) is 17.4 Å². The van der Waals surface area contributed by atoms with Crippen LogP contribution in [0.5, 0.6) is 0 Å². The van der Waals surface area contributed by atoms with Crippen molar-refractivity contribution in [3.8, 4) is 0 Å².